The van der Waals surface area contributed by atoms with Gasteiger partial charge in [0.05, 0.1) is 11.8 Å². The van der Waals surface area contributed by atoms with E-state index in [1.54, 1.807) is 24.4 Å². The van der Waals surface area contributed by atoms with Crippen molar-refractivity contribution < 1.29 is 14.3 Å². The summed E-state index contributed by atoms with van der Waals surface area (Å²) in [5, 5.41) is 10.8. The molecule has 0 atom stereocenters. The average Bonchev–Trinajstić information content (AvgIpc) is 3.11. The highest BCUT2D eigenvalue weighted by molar-refractivity contribution is 6.07. The Kier molecular flexibility index (Phi) is 3.35. The molecule has 0 saturated heterocycles. The maximum Gasteiger partial charge on any atom is 0.336 e. The number of carboxylic acid groups (broad SMARTS) is 1. The minimum absolute atomic E-state index is 0.268. The van der Waals surface area contributed by atoms with Gasteiger partial charge >= 0.3 is 5.97 Å². The van der Waals surface area contributed by atoms with Crippen molar-refractivity contribution in [3.8, 4) is 22.8 Å². The maximum atomic E-state index is 11.4. The zero-order valence-corrected chi connectivity index (χ0v) is 12.6. The van der Waals surface area contributed by atoms with Crippen LogP contribution < -0.4 is 0 Å². The second kappa shape index (κ2) is 5.66. The number of carboxylic acids is 1. The fraction of sp³-hybridized carbons (Fsp3) is 0. The lowest BCUT2D eigenvalue weighted by Gasteiger charge is -2.06. The maximum absolute atomic E-state index is 11.4. The van der Waals surface area contributed by atoms with Crippen LogP contribution in [-0.4, -0.2) is 16.1 Å². The third kappa shape index (κ3) is 2.34. The van der Waals surface area contributed by atoms with Gasteiger partial charge in [-0.1, -0.05) is 54.6 Å². The van der Waals surface area contributed by atoms with E-state index >= 15 is 0 Å². The smallest absolute Gasteiger partial charge is 0.336 e. The highest BCUT2D eigenvalue weighted by Crippen LogP contribution is 2.32. The van der Waals surface area contributed by atoms with Crippen LogP contribution in [0.5, 0.6) is 0 Å². The van der Waals surface area contributed by atoms with Gasteiger partial charge in [-0.25, -0.2) is 9.78 Å². The number of oxazole rings is 1. The number of rotatable bonds is 3. The summed E-state index contributed by atoms with van der Waals surface area (Å²) in [5.41, 5.74) is 1.99. The van der Waals surface area contributed by atoms with Gasteiger partial charge in [-0.2, -0.15) is 0 Å². The SMILES string of the molecule is O=C(O)c1ccc(-c2ncc(-c3ccccc3)o2)c2ccccc12. The predicted molar refractivity (Wildman–Crippen MR) is 91.8 cm³/mol. The van der Waals surface area contributed by atoms with Gasteiger partial charge in [-0.15, -0.1) is 0 Å². The summed E-state index contributed by atoms with van der Waals surface area (Å²) in [6.07, 6.45) is 1.69. The van der Waals surface area contributed by atoms with Crippen molar-refractivity contribution in [1.29, 1.82) is 0 Å². The third-order valence-electron chi connectivity index (χ3n) is 3.95. The molecule has 1 aromatic heterocycles. The quantitative estimate of drug-likeness (QED) is 0.586. The second-order valence-electron chi connectivity index (χ2n) is 5.41. The lowest BCUT2D eigenvalue weighted by atomic mass is 9.99. The van der Waals surface area contributed by atoms with E-state index in [1.165, 1.54) is 0 Å². The van der Waals surface area contributed by atoms with Crippen molar-refractivity contribution in [2.45, 2.75) is 0 Å². The molecule has 0 amide bonds. The minimum atomic E-state index is -0.949. The molecule has 1 heterocycles. The van der Waals surface area contributed by atoms with Crippen molar-refractivity contribution in [2.75, 3.05) is 0 Å². The predicted octanol–water partition coefficient (Wildman–Crippen LogP) is 4.86. The molecule has 3 aromatic carbocycles. The molecule has 116 valence electrons. The molecule has 4 aromatic rings. The molecule has 0 aliphatic heterocycles. The van der Waals surface area contributed by atoms with E-state index in [9.17, 15) is 9.90 Å². The normalized spacial score (nSPS) is 10.8. The van der Waals surface area contributed by atoms with Crippen molar-refractivity contribution in [3.63, 3.8) is 0 Å². The second-order valence-corrected chi connectivity index (χ2v) is 5.41. The Bertz CT molecular complexity index is 1040. The highest BCUT2D eigenvalue weighted by atomic mass is 16.4. The van der Waals surface area contributed by atoms with Crippen LogP contribution >= 0.6 is 0 Å². The lowest BCUT2D eigenvalue weighted by molar-refractivity contribution is 0.0699. The number of fused-ring (bicyclic) bond motifs is 1. The highest BCUT2D eigenvalue weighted by Gasteiger charge is 2.15. The van der Waals surface area contributed by atoms with Crippen LogP contribution in [0, 0.1) is 0 Å². The standard InChI is InChI=1S/C20H13NO3/c22-20(23)17-11-10-16(14-8-4-5-9-15(14)17)19-21-12-18(24-19)13-6-2-1-3-7-13/h1-12H,(H,22,23). The van der Waals surface area contributed by atoms with Gasteiger partial charge in [0.25, 0.3) is 0 Å². The molecule has 4 nitrogen and oxygen atoms in total. The topological polar surface area (TPSA) is 63.3 Å². The summed E-state index contributed by atoms with van der Waals surface area (Å²) in [5.74, 6) is 0.203. The van der Waals surface area contributed by atoms with Crippen LogP contribution in [0.1, 0.15) is 10.4 Å². The number of benzene rings is 3. The molecule has 0 fully saturated rings. The monoisotopic (exact) mass is 315 g/mol. The first-order valence-electron chi connectivity index (χ1n) is 7.51. The summed E-state index contributed by atoms with van der Waals surface area (Å²) < 4.78 is 5.91. The summed E-state index contributed by atoms with van der Waals surface area (Å²) >= 11 is 0. The number of hydrogen-bond donors (Lipinski definition) is 1. The van der Waals surface area contributed by atoms with E-state index in [0.29, 0.717) is 17.0 Å². The van der Waals surface area contributed by atoms with Crippen LogP contribution in [0.15, 0.2) is 77.3 Å². The molecule has 0 bridgehead atoms. The number of aromatic nitrogens is 1. The van der Waals surface area contributed by atoms with Crippen LogP contribution in [0.2, 0.25) is 0 Å². The molecular formula is C20H13NO3. The van der Waals surface area contributed by atoms with Gasteiger partial charge in [0, 0.05) is 11.1 Å². The van der Waals surface area contributed by atoms with Gasteiger partial charge in [-0.3, -0.25) is 0 Å². The first-order valence-corrected chi connectivity index (χ1v) is 7.51. The zero-order valence-electron chi connectivity index (χ0n) is 12.6. The number of nitrogens with zero attached hydrogens (tertiary/aromatic N) is 1. The Hall–Kier alpha value is -3.40. The minimum Gasteiger partial charge on any atom is -0.478 e. The third-order valence-corrected chi connectivity index (χ3v) is 3.95. The molecule has 0 aliphatic rings. The molecule has 0 unspecified atom stereocenters. The van der Waals surface area contributed by atoms with E-state index in [-0.39, 0.29) is 5.56 Å². The van der Waals surface area contributed by atoms with E-state index in [4.69, 9.17) is 4.42 Å². The number of aromatic carboxylic acids is 1. The Balaban J connectivity index is 1.88. The van der Waals surface area contributed by atoms with E-state index in [2.05, 4.69) is 4.98 Å². The van der Waals surface area contributed by atoms with Crippen LogP contribution in [0.25, 0.3) is 33.6 Å². The summed E-state index contributed by atoms with van der Waals surface area (Å²) in [6, 6.07) is 20.4. The van der Waals surface area contributed by atoms with Crippen LogP contribution in [-0.2, 0) is 0 Å². The fourth-order valence-electron chi connectivity index (χ4n) is 2.81. The van der Waals surface area contributed by atoms with Gasteiger partial charge in [0.2, 0.25) is 5.89 Å². The Morgan fingerprint density at radius 3 is 2.33 bits per heavy atom. The van der Waals surface area contributed by atoms with Crippen molar-refractivity contribution in [3.05, 3.63) is 78.5 Å². The zero-order chi connectivity index (χ0) is 16.5. The first-order chi connectivity index (χ1) is 11.7. The summed E-state index contributed by atoms with van der Waals surface area (Å²) in [7, 11) is 0. The van der Waals surface area contributed by atoms with Crippen molar-refractivity contribution >= 4 is 16.7 Å². The molecule has 0 spiro atoms. The van der Waals surface area contributed by atoms with Crippen molar-refractivity contribution in [2.24, 2.45) is 0 Å². The summed E-state index contributed by atoms with van der Waals surface area (Å²) in [4.78, 5) is 15.8. The van der Waals surface area contributed by atoms with Gasteiger partial charge in [0.1, 0.15) is 0 Å². The van der Waals surface area contributed by atoms with Crippen molar-refractivity contribution in [1.82, 2.24) is 4.98 Å². The average molecular weight is 315 g/mol. The van der Waals surface area contributed by atoms with Crippen LogP contribution in [0.3, 0.4) is 0 Å². The van der Waals surface area contributed by atoms with E-state index in [0.717, 1.165) is 16.5 Å². The van der Waals surface area contributed by atoms with Gasteiger partial charge in [-0.05, 0) is 22.9 Å². The summed E-state index contributed by atoms with van der Waals surface area (Å²) in [6.45, 7) is 0. The molecular weight excluding hydrogens is 302 g/mol. The Morgan fingerprint density at radius 2 is 1.58 bits per heavy atom. The molecule has 4 rings (SSSR count). The molecule has 0 saturated carbocycles. The Morgan fingerprint density at radius 1 is 0.875 bits per heavy atom. The van der Waals surface area contributed by atoms with E-state index < -0.39 is 5.97 Å². The van der Waals surface area contributed by atoms with Gasteiger partial charge < -0.3 is 9.52 Å². The number of hydrogen-bond acceptors (Lipinski definition) is 3. The lowest BCUT2D eigenvalue weighted by Crippen LogP contribution is -1.98. The number of carbonyl (C=O) groups is 1. The van der Waals surface area contributed by atoms with Gasteiger partial charge in [0.15, 0.2) is 5.76 Å². The molecule has 24 heavy (non-hydrogen) atoms. The molecule has 1 N–H and O–H groups in total. The molecule has 0 aliphatic carbocycles. The molecule has 4 heteroatoms. The fourth-order valence-corrected chi connectivity index (χ4v) is 2.81. The van der Waals surface area contributed by atoms with Crippen LogP contribution in [0.4, 0.5) is 0 Å². The van der Waals surface area contributed by atoms with E-state index in [1.807, 2.05) is 48.5 Å². The molecule has 0 radical (unpaired) electrons. The largest absolute Gasteiger partial charge is 0.478 e. The first kappa shape index (κ1) is 14.2. The Labute approximate surface area is 138 Å².